The number of H-pyrrole nitrogens is 1. The molecule has 1 amide bonds. The molecular formula is C27H33N3O4. The van der Waals surface area contributed by atoms with Gasteiger partial charge < -0.3 is 19.5 Å². The van der Waals surface area contributed by atoms with Gasteiger partial charge in [0.2, 0.25) is 0 Å². The Hall–Kier alpha value is -3.48. The SMILES string of the molecule is CCCCOc1ccc(C2c3c(-c4cc(C)cc(C)c4O)n[nH]c3C(=O)N2CCC)cc1OC. The maximum Gasteiger partial charge on any atom is 0.273 e. The average Bonchev–Trinajstić information content (AvgIpc) is 3.36. The van der Waals surface area contributed by atoms with Crippen LogP contribution in [0.3, 0.4) is 0 Å². The summed E-state index contributed by atoms with van der Waals surface area (Å²) in [5.74, 6) is 1.40. The number of phenols is 1. The topological polar surface area (TPSA) is 87.7 Å². The van der Waals surface area contributed by atoms with Gasteiger partial charge in [0.25, 0.3) is 5.91 Å². The number of nitrogens with zero attached hydrogens (tertiary/aromatic N) is 2. The van der Waals surface area contributed by atoms with Gasteiger partial charge in [-0.15, -0.1) is 0 Å². The van der Waals surface area contributed by atoms with Gasteiger partial charge in [0, 0.05) is 17.7 Å². The molecule has 0 radical (unpaired) electrons. The van der Waals surface area contributed by atoms with Gasteiger partial charge in [-0.25, -0.2) is 0 Å². The van der Waals surface area contributed by atoms with Crippen LogP contribution in [0.15, 0.2) is 30.3 Å². The summed E-state index contributed by atoms with van der Waals surface area (Å²) in [5, 5.41) is 18.3. The smallest absolute Gasteiger partial charge is 0.273 e. The van der Waals surface area contributed by atoms with Crippen molar-refractivity contribution in [2.75, 3.05) is 20.3 Å². The van der Waals surface area contributed by atoms with Crippen molar-refractivity contribution in [3.8, 4) is 28.5 Å². The van der Waals surface area contributed by atoms with Gasteiger partial charge in [-0.3, -0.25) is 9.89 Å². The van der Waals surface area contributed by atoms with Crippen molar-refractivity contribution < 1.29 is 19.4 Å². The Morgan fingerprint density at radius 3 is 2.62 bits per heavy atom. The number of rotatable bonds is 9. The number of carbonyl (C=O) groups is 1. The first-order valence-corrected chi connectivity index (χ1v) is 11.9. The fraction of sp³-hybridized carbons (Fsp3) is 0.407. The van der Waals surface area contributed by atoms with Gasteiger partial charge in [0.05, 0.1) is 19.8 Å². The lowest BCUT2D eigenvalue weighted by atomic mass is 9.94. The van der Waals surface area contributed by atoms with Crippen LogP contribution in [-0.4, -0.2) is 46.4 Å². The third kappa shape index (κ3) is 4.11. The predicted molar refractivity (Wildman–Crippen MR) is 132 cm³/mol. The molecule has 0 aliphatic carbocycles. The van der Waals surface area contributed by atoms with Crippen molar-refractivity contribution in [3.63, 3.8) is 0 Å². The number of hydrogen-bond donors (Lipinski definition) is 2. The lowest BCUT2D eigenvalue weighted by Gasteiger charge is -2.26. The Morgan fingerprint density at radius 2 is 1.91 bits per heavy atom. The summed E-state index contributed by atoms with van der Waals surface area (Å²) >= 11 is 0. The number of aryl methyl sites for hydroxylation is 2. The molecule has 0 saturated carbocycles. The molecule has 0 saturated heterocycles. The zero-order chi connectivity index (χ0) is 24.4. The quantitative estimate of drug-likeness (QED) is 0.407. The van der Waals surface area contributed by atoms with Crippen LogP contribution in [0.5, 0.6) is 17.2 Å². The van der Waals surface area contributed by atoms with Crippen LogP contribution >= 0.6 is 0 Å². The Bertz CT molecular complexity index is 1200. The fourth-order valence-corrected chi connectivity index (χ4v) is 4.66. The third-order valence-corrected chi connectivity index (χ3v) is 6.29. The average molecular weight is 464 g/mol. The van der Waals surface area contributed by atoms with E-state index in [0.717, 1.165) is 41.5 Å². The van der Waals surface area contributed by atoms with E-state index in [0.29, 0.717) is 41.6 Å². The van der Waals surface area contributed by atoms with Crippen molar-refractivity contribution in [1.29, 1.82) is 0 Å². The molecule has 2 aromatic carbocycles. The van der Waals surface area contributed by atoms with Gasteiger partial charge >= 0.3 is 0 Å². The molecule has 2 heterocycles. The number of ether oxygens (including phenoxy) is 2. The number of aromatic amines is 1. The van der Waals surface area contributed by atoms with E-state index in [1.54, 1.807) is 7.11 Å². The number of carbonyl (C=O) groups excluding carboxylic acids is 1. The summed E-state index contributed by atoms with van der Waals surface area (Å²) in [4.78, 5) is 15.2. The first-order valence-electron chi connectivity index (χ1n) is 11.9. The van der Waals surface area contributed by atoms with E-state index in [2.05, 4.69) is 24.0 Å². The molecule has 4 rings (SSSR count). The minimum atomic E-state index is -0.352. The molecule has 3 aromatic rings. The normalized spacial score (nSPS) is 15.0. The highest BCUT2D eigenvalue weighted by Gasteiger charge is 2.42. The minimum absolute atomic E-state index is 0.0910. The number of hydrogen-bond acceptors (Lipinski definition) is 5. The highest BCUT2D eigenvalue weighted by molar-refractivity contribution is 6.00. The number of aromatic nitrogens is 2. The minimum Gasteiger partial charge on any atom is -0.507 e. The summed E-state index contributed by atoms with van der Waals surface area (Å²) in [6.45, 7) is 9.25. The number of amides is 1. The van der Waals surface area contributed by atoms with Crippen molar-refractivity contribution in [2.45, 2.75) is 53.0 Å². The Balaban J connectivity index is 1.84. The van der Waals surface area contributed by atoms with E-state index in [9.17, 15) is 9.90 Å². The fourth-order valence-electron chi connectivity index (χ4n) is 4.66. The molecule has 1 aliphatic rings. The molecule has 34 heavy (non-hydrogen) atoms. The van der Waals surface area contributed by atoms with Crippen LogP contribution < -0.4 is 9.47 Å². The molecule has 1 aromatic heterocycles. The summed E-state index contributed by atoms with van der Waals surface area (Å²) in [5.41, 5.74) is 5.16. The second kappa shape index (κ2) is 9.79. The molecule has 180 valence electrons. The molecule has 1 atom stereocenters. The summed E-state index contributed by atoms with van der Waals surface area (Å²) in [7, 11) is 1.62. The predicted octanol–water partition coefficient (Wildman–Crippen LogP) is 5.54. The first kappa shape index (κ1) is 23.7. The van der Waals surface area contributed by atoms with E-state index in [4.69, 9.17) is 9.47 Å². The van der Waals surface area contributed by atoms with Gasteiger partial charge in [-0.1, -0.05) is 32.4 Å². The number of phenolic OH excluding ortho intramolecular Hbond substituents is 1. The maximum absolute atomic E-state index is 13.4. The second-order valence-electron chi connectivity index (χ2n) is 8.85. The number of aromatic hydroxyl groups is 1. The number of fused-ring (bicyclic) bond motifs is 1. The number of methoxy groups -OCH3 is 1. The molecule has 0 spiro atoms. The molecule has 1 unspecified atom stereocenters. The number of nitrogens with one attached hydrogen (secondary N) is 1. The van der Waals surface area contributed by atoms with Crippen LogP contribution in [0.4, 0.5) is 0 Å². The number of unbranched alkanes of at least 4 members (excludes halogenated alkanes) is 1. The van der Waals surface area contributed by atoms with Crippen LogP contribution in [-0.2, 0) is 0 Å². The summed E-state index contributed by atoms with van der Waals surface area (Å²) in [6.07, 6.45) is 2.83. The van der Waals surface area contributed by atoms with Gasteiger partial charge in [0.1, 0.15) is 17.1 Å². The van der Waals surface area contributed by atoms with E-state index >= 15 is 0 Å². The van der Waals surface area contributed by atoms with Crippen molar-refractivity contribution in [3.05, 3.63) is 58.3 Å². The highest BCUT2D eigenvalue weighted by atomic mass is 16.5. The van der Waals surface area contributed by atoms with Crippen LogP contribution in [0.25, 0.3) is 11.3 Å². The van der Waals surface area contributed by atoms with Gasteiger partial charge in [-0.2, -0.15) is 5.10 Å². The van der Waals surface area contributed by atoms with Crippen LogP contribution in [0.1, 0.15) is 71.9 Å². The maximum atomic E-state index is 13.4. The third-order valence-electron chi connectivity index (χ3n) is 6.29. The Morgan fingerprint density at radius 1 is 1.12 bits per heavy atom. The molecule has 1 aliphatic heterocycles. The largest absolute Gasteiger partial charge is 0.507 e. The van der Waals surface area contributed by atoms with Crippen molar-refractivity contribution >= 4 is 5.91 Å². The molecule has 0 fully saturated rings. The zero-order valence-electron chi connectivity index (χ0n) is 20.6. The molecule has 2 N–H and O–H groups in total. The molecule has 7 nitrogen and oxygen atoms in total. The monoisotopic (exact) mass is 463 g/mol. The van der Waals surface area contributed by atoms with E-state index in [1.165, 1.54) is 0 Å². The first-order chi connectivity index (χ1) is 16.4. The number of benzene rings is 2. The van der Waals surface area contributed by atoms with E-state index in [1.807, 2.05) is 49.1 Å². The van der Waals surface area contributed by atoms with E-state index in [-0.39, 0.29) is 17.7 Å². The summed E-state index contributed by atoms with van der Waals surface area (Å²) in [6, 6.07) is 9.32. The zero-order valence-corrected chi connectivity index (χ0v) is 20.6. The second-order valence-corrected chi connectivity index (χ2v) is 8.85. The Labute approximate surface area is 200 Å². The Kier molecular flexibility index (Phi) is 6.82. The van der Waals surface area contributed by atoms with Crippen LogP contribution in [0.2, 0.25) is 0 Å². The lowest BCUT2D eigenvalue weighted by Crippen LogP contribution is -2.30. The van der Waals surface area contributed by atoms with Gasteiger partial charge in [0.15, 0.2) is 11.5 Å². The highest BCUT2D eigenvalue weighted by Crippen LogP contribution is 2.46. The summed E-state index contributed by atoms with van der Waals surface area (Å²) < 4.78 is 11.6. The molecular weight excluding hydrogens is 430 g/mol. The van der Waals surface area contributed by atoms with Crippen LogP contribution in [0, 0.1) is 13.8 Å². The van der Waals surface area contributed by atoms with Gasteiger partial charge in [-0.05, 0) is 61.6 Å². The molecule has 0 bridgehead atoms. The molecule has 7 heteroatoms. The standard InChI is InChI=1S/C27H33N3O4/c1-6-8-12-34-20-10-9-18(15-21(20)33-5)25-22-23(19-14-16(3)13-17(4)26(19)31)28-29-24(22)27(32)30(25)11-7-2/h9-10,13-15,25,31H,6-8,11-12H2,1-5H3,(H,28,29). The lowest BCUT2D eigenvalue weighted by molar-refractivity contribution is 0.0743. The van der Waals surface area contributed by atoms with E-state index < -0.39 is 0 Å². The van der Waals surface area contributed by atoms with Crippen molar-refractivity contribution in [1.82, 2.24) is 15.1 Å². The van der Waals surface area contributed by atoms with Crippen molar-refractivity contribution in [2.24, 2.45) is 0 Å².